The summed E-state index contributed by atoms with van der Waals surface area (Å²) in [5.74, 6) is -0.195. The molecule has 2 N–H and O–H groups in total. The number of rotatable bonds is 5. The summed E-state index contributed by atoms with van der Waals surface area (Å²) in [5.41, 5.74) is 6.45. The van der Waals surface area contributed by atoms with Crippen LogP contribution in [0.1, 0.15) is 6.92 Å². The maximum Gasteiger partial charge on any atom is 0.302 e. The number of esters is 1. The average Bonchev–Trinajstić information content (AvgIpc) is 2.70. The van der Waals surface area contributed by atoms with Crippen LogP contribution in [0.2, 0.25) is 0 Å². The van der Waals surface area contributed by atoms with E-state index < -0.39 is 0 Å². The van der Waals surface area contributed by atoms with Crippen molar-refractivity contribution in [3.63, 3.8) is 0 Å². The van der Waals surface area contributed by atoms with E-state index in [1.54, 1.807) is 0 Å². The van der Waals surface area contributed by atoms with Gasteiger partial charge in [-0.1, -0.05) is 5.21 Å². The van der Waals surface area contributed by atoms with Gasteiger partial charge in [-0.2, -0.15) is 4.98 Å². The summed E-state index contributed by atoms with van der Waals surface area (Å²) >= 11 is 0. The Morgan fingerprint density at radius 3 is 3.11 bits per heavy atom. The monoisotopic (exact) mass is 252 g/mol. The molecular formula is C9H12N6O3. The number of carbonyl (C=O) groups is 1. The number of ether oxygens (including phenoxy) is 2. The number of nitrogen functional groups attached to an aromatic ring is 1. The Hall–Kier alpha value is -2.29. The summed E-state index contributed by atoms with van der Waals surface area (Å²) in [6.45, 7) is 1.99. The van der Waals surface area contributed by atoms with E-state index in [0.717, 1.165) is 0 Å². The molecule has 9 nitrogen and oxygen atoms in total. The quantitative estimate of drug-likeness (QED) is 0.550. The molecule has 2 aromatic rings. The Morgan fingerprint density at radius 1 is 1.50 bits per heavy atom. The highest BCUT2D eigenvalue weighted by Crippen LogP contribution is 2.07. The van der Waals surface area contributed by atoms with Crippen LogP contribution in [-0.4, -0.2) is 44.1 Å². The standard InChI is InChI=1S/C9H12N6O3/c1-6(16)18-3-2-17-5-15-7-4-11-9(10)12-8(7)13-14-15/h4H,2-3,5H2,1H3,(H2,10,11,12). The molecule has 0 saturated carbocycles. The summed E-state index contributed by atoms with van der Waals surface area (Å²) < 4.78 is 11.5. The lowest BCUT2D eigenvalue weighted by molar-refractivity contribution is -0.142. The van der Waals surface area contributed by atoms with Crippen molar-refractivity contribution < 1.29 is 14.3 Å². The van der Waals surface area contributed by atoms with Crippen LogP contribution in [0.4, 0.5) is 5.95 Å². The molecule has 0 atom stereocenters. The normalized spacial score (nSPS) is 10.7. The number of fused-ring (bicyclic) bond motifs is 1. The van der Waals surface area contributed by atoms with Gasteiger partial charge in [0.2, 0.25) is 11.6 Å². The van der Waals surface area contributed by atoms with Crippen LogP contribution < -0.4 is 5.73 Å². The summed E-state index contributed by atoms with van der Waals surface area (Å²) in [4.78, 5) is 18.3. The second kappa shape index (κ2) is 5.36. The largest absolute Gasteiger partial charge is 0.463 e. The molecule has 0 aliphatic heterocycles. The number of nitrogens with two attached hydrogens (primary N) is 1. The van der Waals surface area contributed by atoms with Crippen LogP contribution in [0.25, 0.3) is 11.2 Å². The molecule has 0 aliphatic carbocycles. The molecular weight excluding hydrogens is 240 g/mol. The first kappa shape index (κ1) is 12.2. The van der Waals surface area contributed by atoms with Crippen LogP contribution in [0, 0.1) is 0 Å². The van der Waals surface area contributed by atoms with Crippen molar-refractivity contribution in [2.75, 3.05) is 18.9 Å². The minimum atomic E-state index is -0.339. The van der Waals surface area contributed by atoms with Gasteiger partial charge >= 0.3 is 5.97 Å². The Balaban J connectivity index is 1.90. The molecule has 0 fully saturated rings. The fourth-order valence-electron chi connectivity index (χ4n) is 1.27. The van der Waals surface area contributed by atoms with E-state index in [2.05, 4.69) is 20.3 Å². The van der Waals surface area contributed by atoms with Gasteiger partial charge in [-0.15, -0.1) is 5.10 Å². The highest BCUT2D eigenvalue weighted by Gasteiger charge is 2.06. The van der Waals surface area contributed by atoms with E-state index in [4.69, 9.17) is 15.2 Å². The van der Waals surface area contributed by atoms with Gasteiger partial charge in [0.05, 0.1) is 12.8 Å². The van der Waals surface area contributed by atoms with E-state index in [-0.39, 0.29) is 31.9 Å². The minimum Gasteiger partial charge on any atom is -0.463 e. The lowest BCUT2D eigenvalue weighted by atomic mass is 10.5. The van der Waals surface area contributed by atoms with Crippen molar-refractivity contribution in [2.24, 2.45) is 0 Å². The minimum absolute atomic E-state index is 0.144. The Kier molecular flexibility index (Phi) is 3.63. The molecule has 0 saturated heterocycles. The molecule has 2 rings (SSSR count). The van der Waals surface area contributed by atoms with E-state index in [1.807, 2.05) is 0 Å². The van der Waals surface area contributed by atoms with Gasteiger partial charge in [-0.25, -0.2) is 9.67 Å². The van der Waals surface area contributed by atoms with E-state index >= 15 is 0 Å². The third kappa shape index (κ3) is 2.88. The number of aromatic nitrogens is 5. The fourth-order valence-corrected chi connectivity index (χ4v) is 1.27. The van der Waals surface area contributed by atoms with Gasteiger partial charge in [0, 0.05) is 6.92 Å². The van der Waals surface area contributed by atoms with Gasteiger partial charge in [-0.05, 0) is 0 Å². The third-order valence-electron chi connectivity index (χ3n) is 2.04. The molecule has 0 aromatic carbocycles. The van der Waals surface area contributed by atoms with Crippen LogP contribution in [0.15, 0.2) is 6.20 Å². The van der Waals surface area contributed by atoms with Gasteiger partial charge in [0.25, 0.3) is 0 Å². The molecule has 9 heteroatoms. The van der Waals surface area contributed by atoms with Crippen molar-refractivity contribution in [2.45, 2.75) is 13.7 Å². The zero-order valence-corrected chi connectivity index (χ0v) is 9.74. The third-order valence-corrected chi connectivity index (χ3v) is 2.04. The maximum atomic E-state index is 10.5. The highest BCUT2D eigenvalue weighted by molar-refractivity contribution is 5.69. The number of hydrogen-bond acceptors (Lipinski definition) is 8. The first-order valence-corrected chi connectivity index (χ1v) is 5.19. The molecule has 0 bridgehead atoms. The van der Waals surface area contributed by atoms with Crippen LogP contribution in [0.3, 0.4) is 0 Å². The topological polar surface area (TPSA) is 118 Å². The van der Waals surface area contributed by atoms with Crippen molar-refractivity contribution in [3.05, 3.63) is 6.20 Å². The molecule has 2 heterocycles. The van der Waals surface area contributed by atoms with Gasteiger partial charge < -0.3 is 15.2 Å². The average molecular weight is 252 g/mol. The van der Waals surface area contributed by atoms with Gasteiger partial charge in [0.15, 0.2) is 0 Å². The molecule has 0 unspecified atom stereocenters. The Bertz CT molecular complexity index is 554. The zero-order valence-electron chi connectivity index (χ0n) is 9.74. The summed E-state index contributed by atoms with van der Waals surface area (Å²) in [7, 11) is 0. The van der Waals surface area contributed by atoms with Crippen LogP contribution >= 0.6 is 0 Å². The van der Waals surface area contributed by atoms with Crippen LogP contribution in [-0.2, 0) is 21.0 Å². The Morgan fingerprint density at radius 2 is 2.33 bits per heavy atom. The van der Waals surface area contributed by atoms with Crippen molar-refractivity contribution in [1.29, 1.82) is 0 Å². The van der Waals surface area contributed by atoms with Crippen molar-refractivity contribution in [3.8, 4) is 0 Å². The predicted octanol–water partition coefficient (Wildman–Crippen LogP) is -0.659. The molecule has 0 spiro atoms. The van der Waals surface area contributed by atoms with Crippen molar-refractivity contribution in [1.82, 2.24) is 25.0 Å². The lowest BCUT2D eigenvalue weighted by Crippen LogP contribution is -2.11. The highest BCUT2D eigenvalue weighted by atomic mass is 16.6. The number of nitrogens with zero attached hydrogens (tertiary/aromatic N) is 5. The molecule has 96 valence electrons. The first-order valence-electron chi connectivity index (χ1n) is 5.19. The first-order chi connectivity index (χ1) is 8.66. The molecule has 18 heavy (non-hydrogen) atoms. The number of anilines is 1. The summed E-state index contributed by atoms with van der Waals surface area (Å²) in [6.07, 6.45) is 1.52. The molecule has 0 aliphatic rings. The second-order valence-electron chi connectivity index (χ2n) is 3.40. The molecule has 0 radical (unpaired) electrons. The summed E-state index contributed by atoms with van der Waals surface area (Å²) in [5, 5.41) is 7.67. The number of carbonyl (C=O) groups excluding carboxylic acids is 1. The van der Waals surface area contributed by atoms with E-state index in [0.29, 0.717) is 11.2 Å². The fraction of sp³-hybridized carbons (Fsp3) is 0.444. The summed E-state index contributed by atoms with van der Waals surface area (Å²) in [6, 6.07) is 0. The molecule has 2 aromatic heterocycles. The second-order valence-corrected chi connectivity index (χ2v) is 3.40. The predicted molar refractivity (Wildman–Crippen MR) is 60.1 cm³/mol. The molecule has 0 amide bonds. The Labute approximate surface area is 102 Å². The van der Waals surface area contributed by atoms with E-state index in [9.17, 15) is 4.79 Å². The smallest absolute Gasteiger partial charge is 0.302 e. The van der Waals surface area contributed by atoms with Crippen molar-refractivity contribution >= 4 is 23.1 Å². The van der Waals surface area contributed by atoms with Gasteiger partial charge in [-0.3, -0.25) is 4.79 Å². The van der Waals surface area contributed by atoms with Gasteiger partial charge in [0.1, 0.15) is 18.9 Å². The lowest BCUT2D eigenvalue weighted by Gasteiger charge is -2.04. The van der Waals surface area contributed by atoms with Crippen LogP contribution in [0.5, 0.6) is 0 Å². The van der Waals surface area contributed by atoms with E-state index in [1.165, 1.54) is 17.8 Å². The number of hydrogen-bond donors (Lipinski definition) is 1. The SMILES string of the molecule is CC(=O)OCCOCn1nnc2nc(N)ncc21. The maximum absolute atomic E-state index is 10.5. The zero-order chi connectivity index (χ0) is 13.0.